The zero-order chi connectivity index (χ0) is 14.7. The Bertz CT molecular complexity index is 536. The highest BCUT2D eigenvalue weighted by Gasteiger charge is 2.28. The average molecular weight is 284 g/mol. The number of halogens is 2. The molecule has 0 bridgehead atoms. The lowest BCUT2D eigenvalue weighted by Gasteiger charge is -2.30. The summed E-state index contributed by atoms with van der Waals surface area (Å²) in [6.45, 7) is 0.502. The van der Waals surface area contributed by atoms with E-state index in [1.807, 2.05) is 0 Å². The molecule has 1 aromatic carbocycles. The number of carbonyl (C=O) groups is 2. The first kappa shape index (κ1) is 14.2. The number of piperidine rings is 1. The lowest BCUT2D eigenvalue weighted by atomic mass is 9.99. The number of anilines is 1. The summed E-state index contributed by atoms with van der Waals surface area (Å²) in [7, 11) is 0. The van der Waals surface area contributed by atoms with Crippen LogP contribution in [-0.2, 0) is 4.79 Å². The van der Waals surface area contributed by atoms with Crippen molar-refractivity contribution in [3.63, 3.8) is 0 Å². The van der Waals surface area contributed by atoms with Gasteiger partial charge in [-0.2, -0.15) is 0 Å². The average Bonchev–Trinajstić information content (AvgIpc) is 2.42. The van der Waals surface area contributed by atoms with Gasteiger partial charge in [-0.3, -0.25) is 4.79 Å². The maximum absolute atomic E-state index is 13.4. The summed E-state index contributed by atoms with van der Waals surface area (Å²) in [5.41, 5.74) is -0.131. The van der Waals surface area contributed by atoms with Crippen LogP contribution in [0.3, 0.4) is 0 Å². The molecule has 5 nitrogen and oxygen atoms in total. The number of benzene rings is 1. The fourth-order valence-corrected chi connectivity index (χ4v) is 2.15. The van der Waals surface area contributed by atoms with Crippen molar-refractivity contribution in [2.24, 2.45) is 5.92 Å². The number of aliphatic carboxylic acids is 1. The van der Waals surface area contributed by atoms with Crippen molar-refractivity contribution < 1.29 is 23.5 Å². The van der Waals surface area contributed by atoms with Crippen LogP contribution >= 0.6 is 0 Å². The van der Waals surface area contributed by atoms with Gasteiger partial charge >= 0.3 is 12.0 Å². The Morgan fingerprint density at radius 3 is 2.75 bits per heavy atom. The standard InChI is InChI=1S/C13H14F2N2O3/c14-9-3-4-11(10(15)6-9)16-13(20)17-5-1-2-8(7-17)12(18)19/h3-4,6,8H,1-2,5,7H2,(H,16,20)(H,18,19)/t8-/m1/s1. The molecule has 0 aliphatic carbocycles. The minimum absolute atomic E-state index is 0.0873. The van der Waals surface area contributed by atoms with Crippen LogP contribution < -0.4 is 5.32 Å². The molecule has 1 aromatic rings. The molecule has 2 N–H and O–H groups in total. The van der Waals surface area contributed by atoms with Crippen LogP contribution in [0.5, 0.6) is 0 Å². The Labute approximate surface area is 114 Å². The number of nitrogens with one attached hydrogen (secondary N) is 1. The molecule has 0 aromatic heterocycles. The Hall–Kier alpha value is -2.18. The summed E-state index contributed by atoms with van der Waals surface area (Å²) < 4.78 is 26.2. The van der Waals surface area contributed by atoms with Gasteiger partial charge in [-0.25, -0.2) is 13.6 Å². The van der Waals surface area contributed by atoms with Crippen molar-refractivity contribution in [1.82, 2.24) is 4.90 Å². The predicted octanol–water partition coefficient (Wildman–Crippen LogP) is 2.29. The van der Waals surface area contributed by atoms with Gasteiger partial charge in [0.15, 0.2) is 0 Å². The number of amides is 2. The van der Waals surface area contributed by atoms with E-state index in [4.69, 9.17) is 5.11 Å². The quantitative estimate of drug-likeness (QED) is 0.875. The van der Waals surface area contributed by atoms with E-state index in [-0.39, 0.29) is 12.2 Å². The van der Waals surface area contributed by atoms with Crippen molar-refractivity contribution in [3.8, 4) is 0 Å². The third-order valence-electron chi connectivity index (χ3n) is 3.23. The van der Waals surface area contributed by atoms with Gasteiger partial charge in [-0.1, -0.05) is 0 Å². The van der Waals surface area contributed by atoms with E-state index in [0.717, 1.165) is 12.1 Å². The number of carboxylic acids is 1. The van der Waals surface area contributed by atoms with Gasteiger partial charge < -0.3 is 15.3 Å². The van der Waals surface area contributed by atoms with Crippen LogP contribution in [0.1, 0.15) is 12.8 Å². The predicted molar refractivity (Wildman–Crippen MR) is 67.3 cm³/mol. The van der Waals surface area contributed by atoms with Crippen molar-refractivity contribution in [2.45, 2.75) is 12.8 Å². The first-order valence-corrected chi connectivity index (χ1v) is 6.21. The molecule has 2 amide bonds. The molecule has 2 rings (SSSR count). The van der Waals surface area contributed by atoms with E-state index in [9.17, 15) is 18.4 Å². The van der Waals surface area contributed by atoms with Crippen LogP contribution in [-0.4, -0.2) is 35.1 Å². The lowest BCUT2D eigenvalue weighted by Crippen LogP contribution is -2.44. The molecule has 7 heteroatoms. The number of carbonyl (C=O) groups excluding carboxylic acids is 1. The van der Waals surface area contributed by atoms with Crippen LogP contribution in [0.25, 0.3) is 0 Å². The Morgan fingerprint density at radius 1 is 1.35 bits per heavy atom. The summed E-state index contributed by atoms with van der Waals surface area (Å²) in [5, 5.41) is 11.3. The van der Waals surface area contributed by atoms with Gasteiger partial charge in [-0.15, -0.1) is 0 Å². The molecule has 108 valence electrons. The van der Waals surface area contributed by atoms with E-state index >= 15 is 0 Å². The van der Waals surface area contributed by atoms with E-state index in [1.165, 1.54) is 4.90 Å². The largest absolute Gasteiger partial charge is 0.481 e. The van der Waals surface area contributed by atoms with Gasteiger partial charge in [0.05, 0.1) is 11.6 Å². The molecule has 0 radical (unpaired) electrons. The maximum Gasteiger partial charge on any atom is 0.321 e. The minimum atomic E-state index is -0.949. The van der Waals surface area contributed by atoms with E-state index in [0.29, 0.717) is 25.5 Å². The van der Waals surface area contributed by atoms with E-state index < -0.39 is 29.6 Å². The Balaban J connectivity index is 2.02. The third kappa shape index (κ3) is 3.23. The fourth-order valence-electron chi connectivity index (χ4n) is 2.15. The van der Waals surface area contributed by atoms with Gasteiger partial charge in [0.1, 0.15) is 11.6 Å². The number of hydrogen-bond acceptors (Lipinski definition) is 2. The summed E-state index contributed by atoms with van der Waals surface area (Å²) in [4.78, 5) is 24.2. The lowest BCUT2D eigenvalue weighted by molar-refractivity contribution is -0.143. The van der Waals surface area contributed by atoms with E-state index in [2.05, 4.69) is 5.32 Å². The van der Waals surface area contributed by atoms with E-state index in [1.54, 1.807) is 0 Å². The van der Waals surface area contributed by atoms with Crippen LogP contribution in [0.2, 0.25) is 0 Å². The highest BCUT2D eigenvalue weighted by atomic mass is 19.1. The highest BCUT2D eigenvalue weighted by molar-refractivity contribution is 5.89. The summed E-state index contributed by atoms with van der Waals surface area (Å²) in [6.07, 6.45) is 1.10. The summed E-state index contributed by atoms with van der Waals surface area (Å²) >= 11 is 0. The minimum Gasteiger partial charge on any atom is -0.481 e. The first-order chi connectivity index (χ1) is 9.47. The zero-order valence-electron chi connectivity index (χ0n) is 10.6. The first-order valence-electron chi connectivity index (χ1n) is 6.21. The SMILES string of the molecule is O=C(O)[C@@H]1CCCN(C(=O)Nc2ccc(F)cc2F)C1. The second-order valence-electron chi connectivity index (χ2n) is 4.68. The molecule has 1 aliphatic rings. The van der Waals surface area contributed by atoms with Gasteiger partial charge in [0.25, 0.3) is 0 Å². The monoisotopic (exact) mass is 284 g/mol. The number of carboxylic acid groups (broad SMARTS) is 1. The number of nitrogens with zero attached hydrogens (tertiary/aromatic N) is 1. The van der Waals surface area contributed by atoms with Crippen molar-refractivity contribution in [2.75, 3.05) is 18.4 Å². The topological polar surface area (TPSA) is 69.6 Å². The number of hydrogen-bond donors (Lipinski definition) is 2. The molecule has 0 unspecified atom stereocenters. The highest BCUT2D eigenvalue weighted by Crippen LogP contribution is 2.19. The summed E-state index contributed by atoms with van der Waals surface area (Å²) in [6, 6.07) is 2.25. The number of rotatable bonds is 2. The number of likely N-dealkylation sites (tertiary alicyclic amines) is 1. The molecule has 1 heterocycles. The zero-order valence-corrected chi connectivity index (χ0v) is 10.6. The Kier molecular flexibility index (Phi) is 4.16. The molecule has 20 heavy (non-hydrogen) atoms. The van der Waals surface area contributed by atoms with Crippen LogP contribution in [0, 0.1) is 17.6 Å². The van der Waals surface area contributed by atoms with Crippen molar-refractivity contribution >= 4 is 17.7 Å². The molecular formula is C13H14F2N2O3. The molecule has 0 spiro atoms. The number of urea groups is 1. The summed E-state index contributed by atoms with van der Waals surface area (Å²) in [5.74, 6) is -3.16. The van der Waals surface area contributed by atoms with Crippen LogP contribution in [0.4, 0.5) is 19.3 Å². The van der Waals surface area contributed by atoms with Crippen molar-refractivity contribution in [3.05, 3.63) is 29.8 Å². The van der Waals surface area contributed by atoms with Gasteiger partial charge in [-0.05, 0) is 25.0 Å². The Morgan fingerprint density at radius 2 is 2.10 bits per heavy atom. The molecule has 1 fully saturated rings. The second-order valence-corrected chi connectivity index (χ2v) is 4.68. The molecule has 0 saturated carbocycles. The molecular weight excluding hydrogens is 270 g/mol. The van der Waals surface area contributed by atoms with Gasteiger partial charge in [0.2, 0.25) is 0 Å². The smallest absolute Gasteiger partial charge is 0.321 e. The van der Waals surface area contributed by atoms with Crippen LogP contribution in [0.15, 0.2) is 18.2 Å². The van der Waals surface area contributed by atoms with Crippen molar-refractivity contribution in [1.29, 1.82) is 0 Å². The molecule has 1 aliphatic heterocycles. The maximum atomic E-state index is 13.4. The normalized spacial score (nSPS) is 18.7. The second kappa shape index (κ2) is 5.85. The molecule has 1 saturated heterocycles. The fraction of sp³-hybridized carbons (Fsp3) is 0.385. The van der Waals surface area contributed by atoms with Gasteiger partial charge in [0, 0.05) is 19.2 Å². The molecule has 1 atom stereocenters. The third-order valence-corrected chi connectivity index (χ3v) is 3.23.